The van der Waals surface area contributed by atoms with Crippen molar-refractivity contribution in [1.82, 2.24) is 9.62 Å². The molecular formula is C21H29ClN2O3S. The van der Waals surface area contributed by atoms with E-state index in [4.69, 9.17) is 11.6 Å². The molecule has 0 radical (unpaired) electrons. The average Bonchev–Trinajstić information content (AvgIpc) is 2.60. The molecule has 0 spiro atoms. The van der Waals surface area contributed by atoms with Crippen LogP contribution < -0.4 is 5.32 Å². The van der Waals surface area contributed by atoms with E-state index >= 15 is 0 Å². The van der Waals surface area contributed by atoms with Gasteiger partial charge >= 0.3 is 0 Å². The van der Waals surface area contributed by atoms with Gasteiger partial charge in [0.05, 0.1) is 11.4 Å². The molecule has 1 aromatic carbocycles. The molecule has 1 aromatic rings. The van der Waals surface area contributed by atoms with Crippen molar-refractivity contribution in [3.8, 4) is 0 Å². The average molecular weight is 425 g/mol. The smallest absolute Gasteiger partial charge is 0.243 e. The summed E-state index contributed by atoms with van der Waals surface area (Å²) in [4.78, 5) is 12.8. The van der Waals surface area contributed by atoms with Gasteiger partial charge in [-0.2, -0.15) is 4.31 Å². The number of hydrogen-bond acceptors (Lipinski definition) is 3. The number of rotatable bonds is 6. The first kappa shape index (κ1) is 20.2. The number of likely N-dealkylation sites (N-methyl/N-ethyl adjacent to an activating group) is 1. The second-order valence-corrected chi connectivity index (χ2v) is 11.8. The second kappa shape index (κ2) is 7.29. The van der Waals surface area contributed by atoms with Gasteiger partial charge in [-0.05, 0) is 92.9 Å². The highest BCUT2D eigenvalue weighted by Gasteiger charge is 2.53. The molecule has 4 aliphatic carbocycles. The zero-order chi connectivity index (χ0) is 20.1. The lowest BCUT2D eigenvalue weighted by molar-refractivity contribution is -0.125. The Labute approximate surface area is 172 Å². The van der Waals surface area contributed by atoms with Crippen LogP contribution in [0.4, 0.5) is 0 Å². The summed E-state index contributed by atoms with van der Waals surface area (Å²) < 4.78 is 26.5. The van der Waals surface area contributed by atoms with E-state index < -0.39 is 10.0 Å². The van der Waals surface area contributed by atoms with Gasteiger partial charge in [0.1, 0.15) is 0 Å². The van der Waals surface area contributed by atoms with Gasteiger partial charge in [0, 0.05) is 18.1 Å². The highest BCUT2D eigenvalue weighted by molar-refractivity contribution is 7.89. The lowest BCUT2D eigenvalue weighted by atomic mass is 9.48. The van der Waals surface area contributed by atoms with Crippen LogP contribution in [0.1, 0.15) is 45.4 Å². The van der Waals surface area contributed by atoms with Crippen molar-refractivity contribution in [3.05, 3.63) is 29.3 Å². The molecule has 1 amide bonds. The molecule has 7 heteroatoms. The van der Waals surface area contributed by atoms with Gasteiger partial charge in [0.2, 0.25) is 15.9 Å². The van der Waals surface area contributed by atoms with Crippen molar-refractivity contribution >= 4 is 27.5 Å². The maximum Gasteiger partial charge on any atom is 0.243 e. The second-order valence-electron chi connectivity index (χ2n) is 9.28. The molecule has 4 saturated carbocycles. The lowest BCUT2D eigenvalue weighted by Gasteiger charge is -2.59. The molecule has 0 aromatic heterocycles. The molecule has 0 aliphatic heterocycles. The molecule has 0 saturated heterocycles. The molecule has 154 valence electrons. The van der Waals surface area contributed by atoms with Crippen molar-refractivity contribution in [2.75, 3.05) is 13.6 Å². The van der Waals surface area contributed by atoms with E-state index in [2.05, 4.69) is 12.2 Å². The minimum atomic E-state index is -3.72. The van der Waals surface area contributed by atoms with Crippen LogP contribution in [0.5, 0.6) is 0 Å². The SMILES string of the molecule is CC(NC(=O)CN(C)S(=O)(=O)c1ccc(Cl)cc1)C12CC3CC(CC(C3)C1)C2. The molecule has 5 nitrogen and oxygen atoms in total. The number of nitrogens with one attached hydrogen (secondary N) is 1. The number of carbonyl (C=O) groups is 1. The zero-order valence-corrected chi connectivity index (χ0v) is 18.1. The van der Waals surface area contributed by atoms with Crippen LogP contribution in [-0.4, -0.2) is 38.3 Å². The predicted molar refractivity (Wildman–Crippen MR) is 109 cm³/mol. The number of nitrogens with zero attached hydrogens (tertiary/aromatic N) is 1. The van der Waals surface area contributed by atoms with E-state index in [1.165, 1.54) is 69.8 Å². The first-order valence-corrected chi connectivity index (χ1v) is 12.0. The molecule has 4 aliphatic rings. The molecule has 1 N–H and O–H groups in total. The summed E-state index contributed by atoms with van der Waals surface area (Å²) in [6.45, 7) is 1.93. The van der Waals surface area contributed by atoms with Crippen LogP contribution in [-0.2, 0) is 14.8 Å². The van der Waals surface area contributed by atoms with Crippen LogP contribution in [0.3, 0.4) is 0 Å². The predicted octanol–water partition coefficient (Wildman–Crippen LogP) is 3.68. The van der Waals surface area contributed by atoms with E-state index in [1.807, 2.05) is 0 Å². The molecule has 4 fully saturated rings. The maximum absolute atomic E-state index is 12.7. The van der Waals surface area contributed by atoms with Crippen LogP contribution >= 0.6 is 11.6 Å². The molecule has 1 unspecified atom stereocenters. The Balaban J connectivity index is 1.39. The molecular weight excluding hydrogens is 396 g/mol. The third kappa shape index (κ3) is 3.71. The number of sulfonamides is 1. The first-order chi connectivity index (χ1) is 13.2. The van der Waals surface area contributed by atoms with Crippen LogP contribution in [0.25, 0.3) is 0 Å². The minimum Gasteiger partial charge on any atom is -0.352 e. The van der Waals surface area contributed by atoms with Gasteiger partial charge in [0.15, 0.2) is 0 Å². The van der Waals surface area contributed by atoms with Crippen molar-refractivity contribution in [2.45, 2.75) is 56.4 Å². The summed E-state index contributed by atoms with van der Waals surface area (Å²) in [7, 11) is -2.27. The van der Waals surface area contributed by atoms with Crippen molar-refractivity contribution < 1.29 is 13.2 Å². The normalized spacial score (nSPS) is 32.5. The summed E-state index contributed by atoms with van der Waals surface area (Å²) in [5, 5.41) is 3.61. The van der Waals surface area contributed by atoms with Crippen LogP contribution in [0.2, 0.25) is 5.02 Å². The number of hydrogen-bond donors (Lipinski definition) is 1. The first-order valence-electron chi connectivity index (χ1n) is 10.2. The van der Waals surface area contributed by atoms with Crippen LogP contribution in [0.15, 0.2) is 29.2 Å². The van der Waals surface area contributed by atoms with E-state index in [-0.39, 0.29) is 28.8 Å². The topological polar surface area (TPSA) is 66.5 Å². The summed E-state index contributed by atoms with van der Waals surface area (Å²) in [6, 6.07) is 6.09. The van der Waals surface area contributed by atoms with Gasteiger partial charge < -0.3 is 5.32 Å². The molecule has 0 heterocycles. The summed E-state index contributed by atoms with van der Waals surface area (Å²) in [6.07, 6.45) is 7.71. The van der Waals surface area contributed by atoms with Crippen molar-refractivity contribution in [1.29, 1.82) is 0 Å². The van der Waals surface area contributed by atoms with Gasteiger partial charge in [-0.1, -0.05) is 11.6 Å². The largest absolute Gasteiger partial charge is 0.352 e. The molecule has 5 rings (SSSR count). The number of benzene rings is 1. The van der Waals surface area contributed by atoms with Crippen LogP contribution in [0, 0.1) is 23.2 Å². The molecule has 28 heavy (non-hydrogen) atoms. The van der Waals surface area contributed by atoms with E-state index in [1.54, 1.807) is 0 Å². The Morgan fingerprint density at radius 2 is 1.64 bits per heavy atom. The zero-order valence-electron chi connectivity index (χ0n) is 16.5. The van der Waals surface area contributed by atoms with Gasteiger partial charge in [-0.25, -0.2) is 8.42 Å². The monoisotopic (exact) mass is 424 g/mol. The highest BCUT2D eigenvalue weighted by atomic mass is 35.5. The summed E-state index contributed by atoms with van der Waals surface area (Å²) in [5.74, 6) is 2.22. The summed E-state index contributed by atoms with van der Waals surface area (Å²) in [5.41, 5.74) is 0.206. The Morgan fingerprint density at radius 1 is 1.14 bits per heavy atom. The number of amides is 1. The van der Waals surface area contributed by atoms with E-state index in [0.29, 0.717) is 5.02 Å². The standard InChI is InChI=1S/C21H29ClN2O3S/c1-14(21-10-15-7-16(11-21)9-17(8-15)12-21)23-20(25)13-24(2)28(26,27)19-5-3-18(22)4-6-19/h3-6,14-17H,7-13H2,1-2H3,(H,23,25). The summed E-state index contributed by atoms with van der Waals surface area (Å²) >= 11 is 5.84. The Morgan fingerprint density at radius 3 is 2.14 bits per heavy atom. The molecule has 1 atom stereocenters. The number of halogens is 1. The third-order valence-corrected chi connectivity index (χ3v) is 9.34. The number of carbonyl (C=O) groups excluding carboxylic acids is 1. The maximum atomic E-state index is 12.7. The fourth-order valence-electron chi connectivity index (χ4n) is 6.22. The van der Waals surface area contributed by atoms with Gasteiger partial charge in [-0.3, -0.25) is 4.79 Å². The highest BCUT2D eigenvalue weighted by Crippen LogP contribution is 2.61. The lowest BCUT2D eigenvalue weighted by Crippen LogP contribution is -2.56. The quantitative estimate of drug-likeness (QED) is 0.757. The Hall–Kier alpha value is -1.11. The fraction of sp³-hybridized carbons (Fsp3) is 0.667. The fourth-order valence-corrected chi connectivity index (χ4v) is 7.48. The van der Waals surface area contributed by atoms with E-state index in [0.717, 1.165) is 22.1 Å². The molecule has 4 bridgehead atoms. The Kier molecular flexibility index (Phi) is 5.26. The third-order valence-electron chi connectivity index (χ3n) is 7.27. The van der Waals surface area contributed by atoms with Gasteiger partial charge in [0.25, 0.3) is 0 Å². The van der Waals surface area contributed by atoms with E-state index in [9.17, 15) is 13.2 Å². The minimum absolute atomic E-state index is 0.0834. The van der Waals surface area contributed by atoms with Crippen molar-refractivity contribution in [3.63, 3.8) is 0 Å². The Bertz CT molecular complexity index is 818. The van der Waals surface area contributed by atoms with Gasteiger partial charge in [-0.15, -0.1) is 0 Å². The van der Waals surface area contributed by atoms with Crippen molar-refractivity contribution in [2.24, 2.45) is 23.2 Å².